The topological polar surface area (TPSA) is 127 Å². The van der Waals surface area contributed by atoms with E-state index in [0.29, 0.717) is 31.7 Å². The van der Waals surface area contributed by atoms with Gasteiger partial charge < -0.3 is 19.9 Å². The van der Waals surface area contributed by atoms with Crippen LogP contribution in [0.5, 0.6) is 0 Å². The van der Waals surface area contributed by atoms with E-state index in [2.05, 4.69) is 9.97 Å². The average molecular weight is 441 g/mol. The van der Waals surface area contributed by atoms with Gasteiger partial charge in [-0.05, 0) is 18.9 Å². The zero-order valence-corrected chi connectivity index (χ0v) is 18.2. The second kappa shape index (κ2) is 8.74. The number of hydrogen-bond acceptors (Lipinski definition) is 5. The Morgan fingerprint density at radius 1 is 1.12 bits per heavy atom. The van der Waals surface area contributed by atoms with E-state index >= 15 is 0 Å². The molecule has 32 heavy (non-hydrogen) atoms. The van der Waals surface area contributed by atoms with Crippen LogP contribution in [0.15, 0.2) is 39.9 Å². The predicted octanol–water partition coefficient (Wildman–Crippen LogP) is 0.138. The zero-order valence-electron chi connectivity index (χ0n) is 18.2. The lowest BCUT2D eigenvalue weighted by molar-refractivity contribution is -0.135. The van der Waals surface area contributed by atoms with E-state index in [1.807, 2.05) is 30.3 Å². The van der Waals surface area contributed by atoms with Gasteiger partial charge in [-0.15, -0.1) is 0 Å². The number of aliphatic hydroxyl groups excluding tert-OH is 1. The van der Waals surface area contributed by atoms with Crippen molar-refractivity contribution in [2.45, 2.75) is 44.8 Å². The van der Waals surface area contributed by atoms with Crippen LogP contribution >= 0.6 is 0 Å². The van der Waals surface area contributed by atoms with Crippen LogP contribution in [-0.4, -0.2) is 68.5 Å². The number of aromatic amines is 2. The van der Waals surface area contributed by atoms with Gasteiger partial charge in [0.2, 0.25) is 11.8 Å². The molecule has 0 radical (unpaired) electrons. The minimum Gasteiger partial charge on any atom is -0.393 e. The van der Waals surface area contributed by atoms with Gasteiger partial charge in [-0.2, -0.15) is 0 Å². The van der Waals surface area contributed by atoms with Crippen molar-refractivity contribution in [3.8, 4) is 0 Å². The van der Waals surface area contributed by atoms with Gasteiger partial charge in [0.1, 0.15) is 0 Å². The number of aliphatic hydroxyl groups is 1. The quantitative estimate of drug-likeness (QED) is 0.626. The lowest BCUT2D eigenvalue weighted by atomic mass is 9.81. The van der Waals surface area contributed by atoms with Crippen molar-refractivity contribution in [3.05, 3.63) is 68.0 Å². The first-order valence-corrected chi connectivity index (χ1v) is 10.9. The molecule has 2 saturated heterocycles. The van der Waals surface area contributed by atoms with Crippen LogP contribution in [-0.2, 0) is 16.0 Å². The summed E-state index contributed by atoms with van der Waals surface area (Å²) in [6, 6.07) is 9.41. The molecule has 0 saturated carbocycles. The van der Waals surface area contributed by atoms with Gasteiger partial charge in [0, 0.05) is 49.7 Å². The molecular weight excluding hydrogens is 412 g/mol. The lowest BCUT2D eigenvalue weighted by Gasteiger charge is -2.31. The third-order valence-corrected chi connectivity index (χ3v) is 6.83. The van der Waals surface area contributed by atoms with Crippen molar-refractivity contribution in [1.82, 2.24) is 19.8 Å². The number of likely N-dealkylation sites (tertiary alicyclic amines) is 2. The Bertz CT molecular complexity index is 1130. The Labute approximate surface area is 185 Å². The maximum atomic E-state index is 13.4. The second-order valence-electron chi connectivity index (χ2n) is 8.72. The molecule has 3 heterocycles. The summed E-state index contributed by atoms with van der Waals surface area (Å²) in [5.74, 6) is -0.666. The summed E-state index contributed by atoms with van der Waals surface area (Å²) in [4.78, 5) is 57.5. The summed E-state index contributed by atoms with van der Waals surface area (Å²) in [6.45, 7) is 4.25. The van der Waals surface area contributed by atoms with E-state index in [9.17, 15) is 24.3 Å². The number of nitrogens with zero attached hydrogens (tertiary/aromatic N) is 2. The number of H-pyrrole nitrogens is 2. The summed E-state index contributed by atoms with van der Waals surface area (Å²) in [5, 5.41) is 11.0. The molecule has 2 fully saturated rings. The molecule has 2 amide bonds. The van der Waals surface area contributed by atoms with Gasteiger partial charge in [0.25, 0.3) is 5.56 Å². The summed E-state index contributed by atoms with van der Waals surface area (Å²) in [6.07, 6.45) is -0.380. The average Bonchev–Trinajstić information content (AvgIpc) is 3.04. The normalized spacial score (nSPS) is 25.3. The highest BCUT2D eigenvalue weighted by atomic mass is 16.3. The first-order valence-electron chi connectivity index (χ1n) is 10.9. The molecule has 1 aromatic carbocycles. The molecule has 2 aromatic rings. The minimum absolute atomic E-state index is 0.0815. The van der Waals surface area contributed by atoms with Gasteiger partial charge in [-0.3, -0.25) is 19.4 Å². The molecule has 9 heteroatoms. The summed E-state index contributed by atoms with van der Waals surface area (Å²) in [7, 11) is 0. The van der Waals surface area contributed by atoms with Crippen LogP contribution in [0.4, 0.5) is 0 Å². The monoisotopic (exact) mass is 440 g/mol. The number of aromatic nitrogens is 2. The van der Waals surface area contributed by atoms with E-state index in [4.69, 9.17) is 0 Å². The van der Waals surface area contributed by atoms with Gasteiger partial charge in [-0.25, -0.2) is 4.79 Å². The smallest absolute Gasteiger partial charge is 0.325 e. The number of amides is 2. The lowest BCUT2D eigenvalue weighted by Crippen LogP contribution is -2.47. The van der Waals surface area contributed by atoms with Gasteiger partial charge in [-0.1, -0.05) is 30.3 Å². The highest BCUT2D eigenvalue weighted by molar-refractivity contribution is 5.80. The molecule has 0 bridgehead atoms. The number of benzene rings is 1. The molecule has 2 aliphatic rings. The molecule has 0 aliphatic carbocycles. The van der Waals surface area contributed by atoms with Crippen molar-refractivity contribution < 1.29 is 14.7 Å². The van der Waals surface area contributed by atoms with Crippen LogP contribution in [0.2, 0.25) is 0 Å². The Balaban J connectivity index is 1.70. The van der Waals surface area contributed by atoms with Gasteiger partial charge >= 0.3 is 5.69 Å². The van der Waals surface area contributed by atoms with Crippen molar-refractivity contribution in [1.29, 1.82) is 0 Å². The van der Waals surface area contributed by atoms with Crippen LogP contribution in [0.25, 0.3) is 0 Å². The number of rotatable bonds is 3. The van der Waals surface area contributed by atoms with E-state index in [1.165, 1.54) is 6.92 Å². The minimum atomic E-state index is -0.662. The summed E-state index contributed by atoms with van der Waals surface area (Å²) >= 11 is 0. The van der Waals surface area contributed by atoms with E-state index in [1.54, 1.807) is 16.7 Å². The van der Waals surface area contributed by atoms with Crippen LogP contribution in [0.3, 0.4) is 0 Å². The zero-order chi connectivity index (χ0) is 23.0. The van der Waals surface area contributed by atoms with Gasteiger partial charge in [0.05, 0.1) is 18.6 Å². The number of aryl methyl sites for hydroxylation is 1. The van der Waals surface area contributed by atoms with E-state index < -0.39 is 17.4 Å². The molecule has 4 rings (SSSR count). The maximum Gasteiger partial charge on any atom is 0.325 e. The van der Waals surface area contributed by atoms with Gasteiger partial charge in [0.15, 0.2) is 0 Å². The standard InChI is InChI=1S/C23H28N4O5/c1-13-16(22(31)25-23(32)24-13)10-20(30)27-11-17(15-6-4-3-5-7-15)21-18(27)12-26(14(2)28)9-8-19(21)29/h3-7,17-19,21,29H,8-12H2,1-2H3,(H2,24,25,31,32)/t17-,18+,19+,21-/m0/s1. The first kappa shape index (κ1) is 22.0. The molecule has 2 aliphatic heterocycles. The highest BCUT2D eigenvalue weighted by Crippen LogP contribution is 2.42. The number of fused-ring (bicyclic) bond motifs is 1. The summed E-state index contributed by atoms with van der Waals surface area (Å²) in [5.41, 5.74) is 0.408. The van der Waals surface area contributed by atoms with Crippen LogP contribution in [0.1, 0.15) is 36.1 Å². The Morgan fingerprint density at radius 3 is 2.50 bits per heavy atom. The molecule has 0 unspecified atom stereocenters. The van der Waals surface area contributed by atoms with Crippen molar-refractivity contribution in [2.24, 2.45) is 5.92 Å². The molecule has 170 valence electrons. The molecule has 0 spiro atoms. The molecular formula is C23H28N4O5. The van der Waals surface area contributed by atoms with E-state index in [-0.39, 0.29) is 41.7 Å². The number of carbonyl (C=O) groups is 2. The summed E-state index contributed by atoms with van der Waals surface area (Å²) < 4.78 is 0. The second-order valence-corrected chi connectivity index (χ2v) is 8.72. The largest absolute Gasteiger partial charge is 0.393 e. The third-order valence-electron chi connectivity index (χ3n) is 6.83. The fraction of sp³-hybridized carbons (Fsp3) is 0.478. The first-order chi connectivity index (χ1) is 15.3. The molecule has 3 N–H and O–H groups in total. The van der Waals surface area contributed by atoms with Crippen LogP contribution in [0, 0.1) is 12.8 Å². The SMILES string of the molecule is CC(=O)N1CC[C@@H](O)[C@@H]2[C@@H](C1)N(C(=O)Cc1c(C)[nH]c(=O)[nH]c1=O)C[C@H]2c1ccccc1. The molecule has 9 nitrogen and oxygen atoms in total. The van der Waals surface area contributed by atoms with Crippen molar-refractivity contribution >= 4 is 11.8 Å². The van der Waals surface area contributed by atoms with E-state index in [0.717, 1.165) is 5.56 Å². The Morgan fingerprint density at radius 2 is 1.84 bits per heavy atom. The number of carbonyl (C=O) groups excluding carboxylic acids is 2. The maximum absolute atomic E-state index is 13.4. The Hall–Kier alpha value is -3.20. The molecule has 1 aromatic heterocycles. The van der Waals surface area contributed by atoms with Crippen LogP contribution < -0.4 is 11.2 Å². The predicted molar refractivity (Wildman–Crippen MR) is 117 cm³/mol. The highest BCUT2D eigenvalue weighted by Gasteiger charge is 2.49. The third kappa shape index (κ3) is 4.12. The fourth-order valence-electron chi connectivity index (χ4n) is 5.18. The van der Waals surface area contributed by atoms with Crippen molar-refractivity contribution in [3.63, 3.8) is 0 Å². The number of nitrogens with one attached hydrogen (secondary N) is 2. The van der Waals surface area contributed by atoms with Crippen molar-refractivity contribution in [2.75, 3.05) is 19.6 Å². The molecule has 4 atom stereocenters. The Kier molecular flexibility index (Phi) is 6.01. The fourth-order valence-corrected chi connectivity index (χ4v) is 5.18. The number of hydrogen-bond donors (Lipinski definition) is 3.